The second-order valence-corrected chi connectivity index (χ2v) is 4.55. The molecule has 94 valence electrons. The molecule has 0 aliphatic carbocycles. The lowest BCUT2D eigenvalue weighted by molar-refractivity contribution is 1.07. The largest absolute Gasteiger partial charge is 0.368 e. The van der Waals surface area contributed by atoms with E-state index in [0.29, 0.717) is 11.1 Å². The molecule has 0 aliphatic rings. The Balaban J connectivity index is 1.82. The average Bonchev–Trinajstić information content (AvgIpc) is 2.88. The maximum Gasteiger partial charge on any atom is 0.233 e. The number of nitrogens with two attached hydrogens (primary N) is 1. The molecule has 2 aromatic heterocycles. The maximum absolute atomic E-state index is 5.49. The minimum atomic E-state index is 0.178. The highest BCUT2D eigenvalue weighted by Crippen LogP contribution is 2.25. The van der Waals surface area contributed by atoms with Gasteiger partial charge in [-0.05, 0) is 0 Å². The number of nitrogens with zero attached hydrogens (tertiary/aromatic N) is 4. The molecule has 0 amide bonds. The maximum atomic E-state index is 5.49. The molecule has 6 nitrogen and oxygen atoms in total. The molecule has 1 aromatic carbocycles. The summed E-state index contributed by atoms with van der Waals surface area (Å²) in [5.41, 5.74) is 7.47. The number of hydrogen-bond donors (Lipinski definition) is 2. The summed E-state index contributed by atoms with van der Waals surface area (Å²) in [5, 5.41) is 5.69. The van der Waals surface area contributed by atoms with Gasteiger partial charge in [0.15, 0.2) is 5.13 Å². The van der Waals surface area contributed by atoms with Crippen LogP contribution in [0.3, 0.4) is 0 Å². The Morgan fingerprint density at radius 3 is 2.68 bits per heavy atom. The molecule has 0 bridgehead atoms. The SMILES string of the molecule is Nc1ncnc(Nc2nc(-c3ccccc3)cs2)n1. The van der Waals surface area contributed by atoms with Crippen LogP contribution in [-0.2, 0) is 0 Å². The van der Waals surface area contributed by atoms with Crippen LogP contribution < -0.4 is 11.1 Å². The first kappa shape index (κ1) is 11.5. The summed E-state index contributed by atoms with van der Waals surface area (Å²) in [6, 6.07) is 9.96. The monoisotopic (exact) mass is 270 g/mol. The molecule has 2 heterocycles. The standard InChI is InChI=1S/C12H10N6S/c13-10-14-7-15-11(17-10)18-12-16-9(6-19-12)8-4-2-1-3-5-8/h1-7H,(H3,13,14,15,16,17,18). The van der Waals surface area contributed by atoms with Crippen LogP contribution in [0.2, 0.25) is 0 Å². The van der Waals surface area contributed by atoms with Gasteiger partial charge >= 0.3 is 0 Å². The van der Waals surface area contributed by atoms with E-state index in [9.17, 15) is 0 Å². The smallest absolute Gasteiger partial charge is 0.233 e. The van der Waals surface area contributed by atoms with Crippen molar-refractivity contribution in [1.82, 2.24) is 19.9 Å². The second kappa shape index (κ2) is 4.99. The highest BCUT2D eigenvalue weighted by atomic mass is 32.1. The van der Waals surface area contributed by atoms with Crippen molar-refractivity contribution < 1.29 is 0 Å². The number of thiazole rings is 1. The van der Waals surface area contributed by atoms with E-state index in [1.165, 1.54) is 17.7 Å². The minimum absolute atomic E-state index is 0.178. The van der Waals surface area contributed by atoms with Crippen LogP contribution in [0, 0.1) is 0 Å². The van der Waals surface area contributed by atoms with Gasteiger partial charge in [-0.3, -0.25) is 5.32 Å². The van der Waals surface area contributed by atoms with Crippen LogP contribution in [0.15, 0.2) is 42.0 Å². The lowest BCUT2D eigenvalue weighted by Crippen LogP contribution is -2.01. The van der Waals surface area contributed by atoms with E-state index < -0.39 is 0 Å². The molecular weight excluding hydrogens is 260 g/mol. The van der Waals surface area contributed by atoms with Crippen molar-refractivity contribution in [3.8, 4) is 11.3 Å². The normalized spacial score (nSPS) is 10.3. The number of aromatic nitrogens is 4. The molecule has 0 radical (unpaired) electrons. The topological polar surface area (TPSA) is 89.6 Å². The van der Waals surface area contributed by atoms with Gasteiger partial charge in [-0.15, -0.1) is 11.3 Å². The predicted molar refractivity (Wildman–Crippen MR) is 75.1 cm³/mol. The van der Waals surface area contributed by atoms with Crippen LogP contribution >= 0.6 is 11.3 Å². The van der Waals surface area contributed by atoms with Gasteiger partial charge in [-0.1, -0.05) is 30.3 Å². The van der Waals surface area contributed by atoms with Crippen LogP contribution in [0.25, 0.3) is 11.3 Å². The summed E-state index contributed by atoms with van der Waals surface area (Å²) in [4.78, 5) is 16.1. The van der Waals surface area contributed by atoms with Crippen molar-refractivity contribution in [2.45, 2.75) is 0 Å². The summed E-state index contributed by atoms with van der Waals surface area (Å²) in [6.07, 6.45) is 1.36. The van der Waals surface area contributed by atoms with Gasteiger partial charge in [0, 0.05) is 10.9 Å². The zero-order valence-electron chi connectivity index (χ0n) is 9.82. The summed E-state index contributed by atoms with van der Waals surface area (Å²) >= 11 is 1.48. The molecule has 7 heteroatoms. The van der Waals surface area contributed by atoms with E-state index in [0.717, 1.165) is 11.3 Å². The zero-order valence-corrected chi connectivity index (χ0v) is 10.6. The van der Waals surface area contributed by atoms with Crippen LogP contribution in [0.4, 0.5) is 17.0 Å². The van der Waals surface area contributed by atoms with Gasteiger partial charge in [-0.2, -0.15) is 4.98 Å². The van der Waals surface area contributed by atoms with Crippen LogP contribution in [0.1, 0.15) is 0 Å². The van der Waals surface area contributed by atoms with Crippen molar-refractivity contribution in [3.05, 3.63) is 42.0 Å². The van der Waals surface area contributed by atoms with E-state index in [-0.39, 0.29) is 5.95 Å². The van der Waals surface area contributed by atoms with E-state index in [4.69, 9.17) is 5.73 Å². The Hall–Kier alpha value is -2.54. The molecule has 0 fully saturated rings. The fourth-order valence-corrected chi connectivity index (χ4v) is 2.25. The van der Waals surface area contributed by atoms with Gasteiger partial charge in [0.05, 0.1) is 5.69 Å². The molecule has 0 unspecified atom stereocenters. The van der Waals surface area contributed by atoms with Crippen molar-refractivity contribution in [3.63, 3.8) is 0 Å². The van der Waals surface area contributed by atoms with Crippen molar-refractivity contribution >= 4 is 28.4 Å². The van der Waals surface area contributed by atoms with Gasteiger partial charge in [0.2, 0.25) is 11.9 Å². The molecule has 19 heavy (non-hydrogen) atoms. The number of anilines is 3. The summed E-state index contributed by atoms with van der Waals surface area (Å²) in [7, 11) is 0. The van der Waals surface area contributed by atoms with Gasteiger partial charge < -0.3 is 5.73 Å². The molecule has 3 rings (SSSR count). The average molecular weight is 270 g/mol. The Morgan fingerprint density at radius 2 is 1.89 bits per heavy atom. The molecular formula is C12H10N6S. The molecule has 3 N–H and O–H groups in total. The predicted octanol–water partition coefficient (Wildman–Crippen LogP) is 2.32. The molecule has 0 atom stereocenters. The minimum Gasteiger partial charge on any atom is -0.368 e. The molecule has 3 aromatic rings. The fraction of sp³-hybridized carbons (Fsp3) is 0. The third kappa shape index (κ3) is 2.66. The highest BCUT2D eigenvalue weighted by molar-refractivity contribution is 7.14. The Kier molecular flexibility index (Phi) is 3.03. The number of rotatable bonds is 3. The Labute approximate surface area is 113 Å². The van der Waals surface area contributed by atoms with E-state index in [1.54, 1.807) is 0 Å². The number of nitrogens with one attached hydrogen (secondary N) is 1. The van der Waals surface area contributed by atoms with E-state index >= 15 is 0 Å². The van der Waals surface area contributed by atoms with Crippen molar-refractivity contribution in [1.29, 1.82) is 0 Å². The summed E-state index contributed by atoms with van der Waals surface area (Å²) < 4.78 is 0. The Bertz CT molecular complexity index is 681. The lowest BCUT2D eigenvalue weighted by atomic mass is 10.2. The third-order valence-electron chi connectivity index (χ3n) is 2.38. The first-order valence-corrected chi connectivity index (χ1v) is 6.42. The molecule has 0 spiro atoms. The second-order valence-electron chi connectivity index (χ2n) is 3.70. The first-order valence-electron chi connectivity index (χ1n) is 5.54. The van der Waals surface area contributed by atoms with Crippen LogP contribution in [-0.4, -0.2) is 19.9 Å². The van der Waals surface area contributed by atoms with Crippen molar-refractivity contribution in [2.75, 3.05) is 11.1 Å². The number of hydrogen-bond acceptors (Lipinski definition) is 7. The van der Waals surface area contributed by atoms with Gasteiger partial charge in [0.25, 0.3) is 0 Å². The summed E-state index contributed by atoms with van der Waals surface area (Å²) in [6.45, 7) is 0. The number of benzene rings is 1. The first-order chi connectivity index (χ1) is 9.31. The van der Waals surface area contributed by atoms with E-state index in [2.05, 4.69) is 25.3 Å². The zero-order chi connectivity index (χ0) is 13.1. The van der Waals surface area contributed by atoms with E-state index in [1.807, 2.05) is 35.7 Å². The Morgan fingerprint density at radius 1 is 1.05 bits per heavy atom. The quantitative estimate of drug-likeness (QED) is 0.759. The molecule has 0 aliphatic heterocycles. The highest BCUT2D eigenvalue weighted by Gasteiger charge is 2.05. The van der Waals surface area contributed by atoms with Gasteiger partial charge in [0.1, 0.15) is 6.33 Å². The fourth-order valence-electron chi connectivity index (χ4n) is 1.54. The number of nitrogen functional groups attached to an aromatic ring is 1. The van der Waals surface area contributed by atoms with Crippen LogP contribution in [0.5, 0.6) is 0 Å². The van der Waals surface area contributed by atoms with Crippen molar-refractivity contribution in [2.24, 2.45) is 0 Å². The van der Waals surface area contributed by atoms with Gasteiger partial charge in [-0.25, -0.2) is 15.0 Å². The molecule has 0 saturated carbocycles. The molecule has 0 saturated heterocycles. The lowest BCUT2D eigenvalue weighted by Gasteiger charge is -1.99. The summed E-state index contributed by atoms with van der Waals surface area (Å²) in [5.74, 6) is 0.568. The third-order valence-corrected chi connectivity index (χ3v) is 3.14.